The second kappa shape index (κ2) is 8.18. The van der Waals surface area contributed by atoms with Crippen LogP contribution in [0.25, 0.3) is 11.0 Å². The quantitative estimate of drug-likeness (QED) is 0.379. The number of hydrogen-bond acceptors (Lipinski definition) is 2. The third-order valence-corrected chi connectivity index (χ3v) is 9.84. The maximum absolute atomic E-state index is 5.00. The molecule has 30 heavy (non-hydrogen) atoms. The highest BCUT2D eigenvalue weighted by atomic mass is 31.2. The van der Waals surface area contributed by atoms with Crippen LogP contribution in [-0.2, 0) is 6.16 Å². The van der Waals surface area contributed by atoms with Gasteiger partial charge in [-0.15, -0.1) is 0 Å². The minimum absolute atomic E-state index is 0.871. The number of benzene rings is 3. The van der Waals surface area contributed by atoms with Crippen LogP contribution in [0.2, 0.25) is 0 Å². The van der Waals surface area contributed by atoms with Crippen molar-refractivity contribution in [2.75, 3.05) is 0 Å². The summed E-state index contributed by atoms with van der Waals surface area (Å²) in [5.41, 5.74) is 2.98. The lowest BCUT2D eigenvalue weighted by Crippen LogP contribution is -2.32. The largest absolute Gasteiger partial charge is 0.255 e. The monoisotopic (exact) mass is 405 g/mol. The summed E-state index contributed by atoms with van der Waals surface area (Å²) in [6, 6.07) is 41.0. The third-order valence-electron chi connectivity index (χ3n) is 5.50. The van der Waals surface area contributed by atoms with E-state index in [4.69, 9.17) is 4.98 Å². The van der Waals surface area contributed by atoms with Crippen LogP contribution in [0.3, 0.4) is 0 Å². The topological polar surface area (TPSA) is 25.8 Å². The Morgan fingerprint density at radius 3 is 1.57 bits per heavy atom. The first kappa shape index (κ1) is 18.7. The second-order valence-electron chi connectivity index (χ2n) is 7.32. The predicted octanol–water partition coefficient (Wildman–Crippen LogP) is 5.12. The second-order valence-corrected chi connectivity index (χ2v) is 10.8. The highest BCUT2D eigenvalue weighted by Crippen LogP contribution is 2.57. The Bertz CT molecular complexity index is 1160. The van der Waals surface area contributed by atoms with Gasteiger partial charge in [0.1, 0.15) is 29.3 Å². The van der Waals surface area contributed by atoms with E-state index >= 15 is 0 Å². The van der Waals surface area contributed by atoms with Crippen molar-refractivity contribution >= 4 is 34.2 Å². The van der Waals surface area contributed by atoms with Gasteiger partial charge in [-0.2, -0.15) is 0 Å². The van der Waals surface area contributed by atoms with Gasteiger partial charge in [-0.3, -0.25) is 4.98 Å². The van der Waals surface area contributed by atoms with Crippen LogP contribution in [0.4, 0.5) is 0 Å². The van der Waals surface area contributed by atoms with Crippen LogP contribution in [0.1, 0.15) is 5.69 Å². The zero-order chi connectivity index (χ0) is 20.2. The molecule has 0 spiro atoms. The molecule has 0 amide bonds. The van der Waals surface area contributed by atoms with Gasteiger partial charge in [0.05, 0.1) is 16.7 Å². The van der Waals surface area contributed by atoms with E-state index in [0.29, 0.717) is 0 Å². The van der Waals surface area contributed by atoms with E-state index in [1.807, 2.05) is 18.3 Å². The molecule has 0 aliphatic heterocycles. The predicted molar refractivity (Wildman–Crippen MR) is 128 cm³/mol. The Morgan fingerprint density at radius 2 is 1.03 bits per heavy atom. The fourth-order valence-corrected chi connectivity index (χ4v) is 8.25. The zero-order valence-electron chi connectivity index (χ0n) is 16.6. The summed E-state index contributed by atoms with van der Waals surface area (Å²) < 4.78 is 0. The lowest BCUT2D eigenvalue weighted by molar-refractivity contribution is 1.20. The smallest absolute Gasteiger partial charge is 0.118 e. The van der Waals surface area contributed by atoms with Crippen LogP contribution < -0.4 is 15.9 Å². The molecule has 5 rings (SSSR count). The molecule has 3 aromatic carbocycles. The number of rotatable bonds is 5. The normalized spacial score (nSPS) is 11.5. The van der Waals surface area contributed by atoms with Crippen LogP contribution in [0.15, 0.2) is 121 Å². The number of nitrogens with zero attached hydrogens (tertiary/aromatic N) is 2. The van der Waals surface area contributed by atoms with Gasteiger partial charge >= 0.3 is 0 Å². The molecular weight excluding hydrogens is 383 g/mol. The van der Waals surface area contributed by atoms with Crippen molar-refractivity contribution in [2.45, 2.75) is 6.16 Å². The van der Waals surface area contributed by atoms with Gasteiger partial charge in [-0.25, -0.2) is 4.98 Å². The summed E-state index contributed by atoms with van der Waals surface area (Å²) in [7, 11) is -1.94. The van der Waals surface area contributed by atoms with E-state index in [1.54, 1.807) is 0 Å². The van der Waals surface area contributed by atoms with Crippen molar-refractivity contribution in [1.82, 2.24) is 9.97 Å². The lowest BCUT2D eigenvalue weighted by Gasteiger charge is -2.27. The van der Waals surface area contributed by atoms with E-state index in [9.17, 15) is 0 Å². The molecule has 0 aliphatic rings. The van der Waals surface area contributed by atoms with Gasteiger partial charge in [0.15, 0.2) is 0 Å². The summed E-state index contributed by atoms with van der Waals surface area (Å²) in [5.74, 6) is 0. The Hall–Kier alpha value is -3.35. The molecule has 0 saturated heterocycles. The Labute approximate surface area is 177 Å². The molecule has 2 aromatic heterocycles. The fourth-order valence-electron chi connectivity index (χ4n) is 4.10. The van der Waals surface area contributed by atoms with Crippen molar-refractivity contribution in [3.05, 3.63) is 127 Å². The van der Waals surface area contributed by atoms with Crippen molar-refractivity contribution in [3.63, 3.8) is 0 Å². The molecule has 0 N–H and O–H groups in total. The molecule has 0 radical (unpaired) electrons. The molecule has 3 heteroatoms. The lowest BCUT2D eigenvalue weighted by atomic mass is 10.3. The van der Waals surface area contributed by atoms with Gasteiger partial charge in [0.2, 0.25) is 0 Å². The molecule has 0 aliphatic carbocycles. The number of aromatic nitrogens is 2. The molecule has 2 heterocycles. The average molecular weight is 405 g/mol. The molecule has 0 fully saturated rings. The SMILES string of the molecule is c1ccc([P+](Cc2ccc3ncccc3n2)(c2ccccc2)c2ccccc2)cc1. The van der Waals surface area contributed by atoms with Crippen molar-refractivity contribution in [2.24, 2.45) is 0 Å². The molecule has 0 atom stereocenters. The van der Waals surface area contributed by atoms with E-state index in [0.717, 1.165) is 22.9 Å². The summed E-state index contributed by atoms with van der Waals surface area (Å²) >= 11 is 0. The minimum Gasteiger partial charge on any atom is -0.255 e. The van der Waals surface area contributed by atoms with Crippen LogP contribution in [-0.4, -0.2) is 9.97 Å². The summed E-state index contributed by atoms with van der Waals surface area (Å²) in [6.07, 6.45) is 2.69. The van der Waals surface area contributed by atoms with Crippen molar-refractivity contribution in [1.29, 1.82) is 0 Å². The van der Waals surface area contributed by atoms with Crippen LogP contribution in [0.5, 0.6) is 0 Å². The molecule has 0 saturated carbocycles. The van der Waals surface area contributed by atoms with Gasteiger partial charge < -0.3 is 0 Å². The van der Waals surface area contributed by atoms with Gasteiger partial charge in [-0.05, 0) is 60.7 Å². The molecular formula is C27H22N2P+. The first-order valence-electron chi connectivity index (χ1n) is 10.1. The molecule has 144 valence electrons. The maximum Gasteiger partial charge on any atom is 0.118 e. The fraction of sp³-hybridized carbons (Fsp3) is 0.0370. The number of pyridine rings is 2. The maximum atomic E-state index is 5.00. The molecule has 0 bridgehead atoms. The Kier molecular flexibility index (Phi) is 5.09. The first-order chi connectivity index (χ1) is 14.9. The van der Waals surface area contributed by atoms with E-state index in [1.165, 1.54) is 15.9 Å². The number of fused-ring (bicyclic) bond motifs is 1. The summed E-state index contributed by atoms with van der Waals surface area (Å²) in [5, 5.41) is 4.11. The highest BCUT2D eigenvalue weighted by molar-refractivity contribution is 7.95. The first-order valence-corrected chi connectivity index (χ1v) is 12.1. The van der Waals surface area contributed by atoms with E-state index < -0.39 is 7.26 Å². The third kappa shape index (κ3) is 3.40. The van der Waals surface area contributed by atoms with E-state index in [-0.39, 0.29) is 0 Å². The standard InChI is InChI=1S/C27H22N2P/c1-4-11-23(12-5-1)30(24-13-6-2-7-14-24,25-15-8-3-9-16-25)21-22-18-19-26-27(29-22)17-10-20-28-26/h1-20H,21H2/q+1. The van der Waals surface area contributed by atoms with Crippen LogP contribution >= 0.6 is 7.26 Å². The van der Waals surface area contributed by atoms with Gasteiger partial charge in [0.25, 0.3) is 0 Å². The Morgan fingerprint density at radius 1 is 0.500 bits per heavy atom. The molecule has 0 unspecified atom stereocenters. The minimum atomic E-state index is -1.94. The van der Waals surface area contributed by atoms with Gasteiger partial charge in [0, 0.05) is 6.20 Å². The highest BCUT2D eigenvalue weighted by Gasteiger charge is 2.45. The molecule has 2 nitrogen and oxygen atoms in total. The average Bonchev–Trinajstić information content (AvgIpc) is 2.84. The zero-order valence-corrected chi connectivity index (χ0v) is 17.5. The molecule has 5 aromatic rings. The van der Waals surface area contributed by atoms with Crippen molar-refractivity contribution < 1.29 is 0 Å². The Balaban J connectivity index is 1.76. The van der Waals surface area contributed by atoms with Crippen LogP contribution in [0, 0.1) is 0 Å². The number of hydrogen-bond donors (Lipinski definition) is 0. The van der Waals surface area contributed by atoms with Gasteiger partial charge in [-0.1, -0.05) is 54.6 Å². The summed E-state index contributed by atoms with van der Waals surface area (Å²) in [6.45, 7) is 0. The summed E-state index contributed by atoms with van der Waals surface area (Å²) in [4.78, 5) is 9.44. The van der Waals surface area contributed by atoms with E-state index in [2.05, 4.69) is 108 Å². The van der Waals surface area contributed by atoms with Crippen molar-refractivity contribution in [3.8, 4) is 0 Å².